The zero-order chi connectivity index (χ0) is 20.2. The van der Waals surface area contributed by atoms with Gasteiger partial charge in [-0.25, -0.2) is 9.48 Å². The van der Waals surface area contributed by atoms with Gasteiger partial charge in [-0.2, -0.15) is 0 Å². The molecule has 0 unspecified atom stereocenters. The molecule has 2 aromatic rings. The third-order valence-electron chi connectivity index (χ3n) is 5.65. The molecular formula is C20H26N6O3. The molecule has 0 spiro atoms. The minimum Gasteiger partial charge on any atom is -0.368 e. The Morgan fingerprint density at radius 1 is 1.14 bits per heavy atom. The topological polar surface area (TPSA) is 115 Å². The van der Waals surface area contributed by atoms with Gasteiger partial charge in [-0.05, 0) is 31.2 Å². The zero-order valence-electron chi connectivity index (χ0n) is 16.2. The number of ether oxygens (including phenoxy) is 1. The molecule has 154 valence electrons. The lowest BCUT2D eigenvalue weighted by Crippen LogP contribution is -2.46. The Balaban J connectivity index is 1.21. The van der Waals surface area contributed by atoms with Gasteiger partial charge in [0.05, 0.1) is 24.4 Å². The summed E-state index contributed by atoms with van der Waals surface area (Å²) in [6.07, 6.45) is 5.16. The van der Waals surface area contributed by atoms with Crippen LogP contribution in [0.4, 0.5) is 4.79 Å². The Morgan fingerprint density at radius 2 is 1.90 bits per heavy atom. The Hall–Kier alpha value is -2.94. The van der Waals surface area contributed by atoms with Crippen LogP contribution in [0.5, 0.6) is 0 Å². The Kier molecular flexibility index (Phi) is 5.75. The van der Waals surface area contributed by atoms with E-state index < -0.39 is 5.91 Å². The first-order chi connectivity index (χ1) is 14.1. The number of benzene rings is 1. The van der Waals surface area contributed by atoms with Crippen LogP contribution in [0, 0.1) is 0 Å². The quantitative estimate of drug-likeness (QED) is 0.794. The predicted molar refractivity (Wildman–Crippen MR) is 105 cm³/mol. The minimum absolute atomic E-state index is 0.0454. The molecule has 3 amide bonds. The highest BCUT2D eigenvalue weighted by atomic mass is 16.5. The summed E-state index contributed by atoms with van der Waals surface area (Å²) in [6.45, 7) is 1.77. The van der Waals surface area contributed by atoms with Crippen molar-refractivity contribution in [3.8, 4) is 0 Å². The van der Waals surface area contributed by atoms with E-state index in [-0.39, 0.29) is 30.0 Å². The molecule has 0 aliphatic carbocycles. The fraction of sp³-hybridized carbons (Fsp3) is 0.500. The molecule has 2 saturated heterocycles. The third-order valence-corrected chi connectivity index (χ3v) is 5.65. The summed E-state index contributed by atoms with van der Waals surface area (Å²) < 4.78 is 7.76. The van der Waals surface area contributed by atoms with E-state index in [1.165, 1.54) is 5.56 Å². The Labute approximate surface area is 169 Å². The van der Waals surface area contributed by atoms with Crippen LogP contribution in [-0.2, 0) is 4.74 Å². The molecule has 0 radical (unpaired) electrons. The number of piperidine rings is 1. The lowest BCUT2D eigenvalue weighted by Gasteiger charge is -2.32. The smallest absolute Gasteiger partial charge is 0.317 e. The van der Waals surface area contributed by atoms with Gasteiger partial charge in [0, 0.05) is 19.6 Å². The van der Waals surface area contributed by atoms with E-state index in [4.69, 9.17) is 10.5 Å². The van der Waals surface area contributed by atoms with Gasteiger partial charge in [0.1, 0.15) is 0 Å². The molecule has 4 rings (SSSR count). The van der Waals surface area contributed by atoms with Gasteiger partial charge in [0.15, 0.2) is 5.69 Å². The van der Waals surface area contributed by atoms with Crippen LogP contribution in [0.3, 0.4) is 0 Å². The molecule has 2 fully saturated rings. The van der Waals surface area contributed by atoms with Gasteiger partial charge in [0.2, 0.25) is 0 Å². The largest absolute Gasteiger partial charge is 0.368 e. The van der Waals surface area contributed by atoms with Gasteiger partial charge in [-0.3, -0.25) is 4.79 Å². The van der Waals surface area contributed by atoms with E-state index >= 15 is 0 Å². The third kappa shape index (κ3) is 4.56. The van der Waals surface area contributed by atoms with E-state index in [1.54, 1.807) is 10.9 Å². The van der Waals surface area contributed by atoms with Crippen molar-refractivity contribution in [2.75, 3.05) is 19.6 Å². The standard InChI is InChI=1S/C20H26N6O3/c21-19(27)17-13-26(24-23-17)15-8-10-25(11-9-15)20(28)22-12-16-6-7-18(29-16)14-4-2-1-3-5-14/h1-5,13,15-16,18H,6-12H2,(H2,21,27)(H,22,28)/t16-,18+/m1/s1. The average Bonchev–Trinajstić information content (AvgIpc) is 3.43. The lowest BCUT2D eigenvalue weighted by atomic mass is 10.1. The fourth-order valence-corrected chi connectivity index (χ4v) is 3.98. The molecule has 0 saturated carbocycles. The van der Waals surface area contributed by atoms with Crippen molar-refractivity contribution in [3.05, 3.63) is 47.8 Å². The fourth-order valence-electron chi connectivity index (χ4n) is 3.98. The van der Waals surface area contributed by atoms with E-state index in [2.05, 4.69) is 27.8 Å². The highest BCUT2D eigenvalue weighted by Crippen LogP contribution is 2.32. The van der Waals surface area contributed by atoms with Crippen molar-refractivity contribution in [2.24, 2.45) is 5.73 Å². The molecule has 29 heavy (non-hydrogen) atoms. The Bertz CT molecular complexity index is 847. The molecule has 1 aromatic carbocycles. The second-order valence-corrected chi connectivity index (χ2v) is 7.59. The number of nitrogens with zero attached hydrogens (tertiary/aromatic N) is 4. The molecule has 2 atom stereocenters. The number of rotatable bonds is 5. The summed E-state index contributed by atoms with van der Waals surface area (Å²) >= 11 is 0. The second-order valence-electron chi connectivity index (χ2n) is 7.59. The van der Waals surface area contributed by atoms with Crippen LogP contribution in [0.2, 0.25) is 0 Å². The lowest BCUT2D eigenvalue weighted by molar-refractivity contribution is 0.0451. The number of urea groups is 1. The van der Waals surface area contributed by atoms with E-state index in [0.29, 0.717) is 19.6 Å². The highest BCUT2D eigenvalue weighted by Gasteiger charge is 2.28. The van der Waals surface area contributed by atoms with Crippen LogP contribution in [0.25, 0.3) is 0 Å². The molecular weight excluding hydrogens is 372 g/mol. The second kappa shape index (κ2) is 8.60. The molecule has 0 bridgehead atoms. The molecule has 9 heteroatoms. The van der Waals surface area contributed by atoms with E-state index in [0.717, 1.165) is 25.7 Å². The van der Waals surface area contributed by atoms with Gasteiger partial charge in [0.25, 0.3) is 5.91 Å². The van der Waals surface area contributed by atoms with Gasteiger partial charge in [-0.1, -0.05) is 35.5 Å². The van der Waals surface area contributed by atoms with E-state index in [1.807, 2.05) is 23.1 Å². The number of aromatic nitrogens is 3. The van der Waals surface area contributed by atoms with Gasteiger partial charge >= 0.3 is 6.03 Å². The maximum atomic E-state index is 12.5. The molecule has 3 N–H and O–H groups in total. The van der Waals surface area contributed by atoms with Gasteiger partial charge in [-0.15, -0.1) is 5.10 Å². The van der Waals surface area contributed by atoms with Crippen molar-refractivity contribution in [1.82, 2.24) is 25.2 Å². The number of likely N-dealkylation sites (tertiary alicyclic amines) is 1. The first-order valence-corrected chi connectivity index (χ1v) is 10.0. The predicted octanol–water partition coefficient (Wildman–Crippen LogP) is 1.64. The number of hydrogen-bond acceptors (Lipinski definition) is 5. The number of hydrogen-bond donors (Lipinski definition) is 2. The van der Waals surface area contributed by atoms with Crippen LogP contribution in [0.1, 0.15) is 53.9 Å². The van der Waals surface area contributed by atoms with Crippen LogP contribution in [0.15, 0.2) is 36.5 Å². The molecule has 9 nitrogen and oxygen atoms in total. The number of carbonyl (C=O) groups is 2. The van der Waals surface area contributed by atoms with Gasteiger partial charge < -0.3 is 20.7 Å². The monoisotopic (exact) mass is 398 g/mol. The summed E-state index contributed by atoms with van der Waals surface area (Å²) in [5, 5.41) is 10.8. The summed E-state index contributed by atoms with van der Waals surface area (Å²) in [4.78, 5) is 25.5. The van der Waals surface area contributed by atoms with Crippen LogP contribution in [-0.4, -0.2) is 57.6 Å². The van der Waals surface area contributed by atoms with Crippen molar-refractivity contribution >= 4 is 11.9 Å². The van der Waals surface area contributed by atoms with Crippen LogP contribution < -0.4 is 11.1 Å². The highest BCUT2D eigenvalue weighted by molar-refractivity contribution is 5.90. The molecule has 3 heterocycles. The van der Waals surface area contributed by atoms with Crippen molar-refractivity contribution in [1.29, 1.82) is 0 Å². The first kappa shape index (κ1) is 19.4. The Morgan fingerprint density at radius 3 is 2.59 bits per heavy atom. The number of carbonyl (C=O) groups excluding carboxylic acids is 2. The maximum absolute atomic E-state index is 12.5. The van der Waals surface area contributed by atoms with E-state index in [9.17, 15) is 9.59 Å². The van der Waals surface area contributed by atoms with Crippen molar-refractivity contribution in [2.45, 2.75) is 43.9 Å². The molecule has 2 aliphatic heterocycles. The SMILES string of the molecule is NC(=O)c1cn(C2CCN(C(=O)NC[C@H]3CC[C@@H](c4ccccc4)O3)CC2)nn1. The number of nitrogens with one attached hydrogen (secondary N) is 1. The average molecular weight is 398 g/mol. The number of nitrogens with two attached hydrogens (primary N) is 1. The minimum atomic E-state index is -0.586. The summed E-state index contributed by atoms with van der Waals surface area (Å²) in [5.74, 6) is -0.586. The van der Waals surface area contributed by atoms with Crippen molar-refractivity contribution in [3.63, 3.8) is 0 Å². The maximum Gasteiger partial charge on any atom is 0.317 e. The summed E-state index contributed by atoms with van der Waals surface area (Å²) in [7, 11) is 0. The molecule has 1 aromatic heterocycles. The van der Waals surface area contributed by atoms with Crippen molar-refractivity contribution < 1.29 is 14.3 Å². The number of amides is 3. The van der Waals surface area contributed by atoms with Crippen LogP contribution >= 0.6 is 0 Å². The normalized spacial score (nSPS) is 22.6. The molecule has 2 aliphatic rings. The summed E-state index contributed by atoms with van der Waals surface area (Å²) in [5.41, 5.74) is 6.57. The summed E-state index contributed by atoms with van der Waals surface area (Å²) in [6, 6.07) is 10.3. The zero-order valence-corrected chi connectivity index (χ0v) is 16.2. The number of primary amides is 1. The first-order valence-electron chi connectivity index (χ1n) is 10.0.